The lowest BCUT2D eigenvalue weighted by Gasteiger charge is -2.25. The quantitative estimate of drug-likeness (QED) is 0.893. The Morgan fingerprint density at radius 2 is 2.05 bits per heavy atom. The third-order valence-corrected chi connectivity index (χ3v) is 5.19. The zero-order valence-corrected chi connectivity index (χ0v) is 14.7. The molecule has 0 bridgehead atoms. The van der Waals surface area contributed by atoms with E-state index in [1.54, 1.807) is 16.7 Å². The molecule has 1 aromatic heterocycles. The van der Waals surface area contributed by atoms with Crippen LogP contribution in [-0.4, -0.2) is 45.4 Å². The number of hydrogen-bond acceptors (Lipinski definition) is 3. The number of aryl methyl sites for hydroxylation is 2. The summed E-state index contributed by atoms with van der Waals surface area (Å²) in [6, 6.07) is 1.66. The number of carbonyl (C=O) groups is 2. The van der Waals surface area contributed by atoms with E-state index in [0.717, 1.165) is 11.3 Å². The fourth-order valence-corrected chi connectivity index (χ4v) is 3.60. The smallest absolute Gasteiger partial charge is 0.271 e. The van der Waals surface area contributed by atoms with Gasteiger partial charge in [-0.1, -0.05) is 13.8 Å². The first-order valence-corrected chi connectivity index (χ1v) is 8.82. The summed E-state index contributed by atoms with van der Waals surface area (Å²) in [7, 11) is 0. The number of carbonyl (C=O) groups excluding carboxylic acids is 2. The lowest BCUT2D eigenvalue weighted by Crippen LogP contribution is -2.50. The summed E-state index contributed by atoms with van der Waals surface area (Å²) in [6.07, 6.45) is 0. The third kappa shape index (κ3) is 3.48. The Hall–Kier alpha value is -1.43. The van der Waals surface area contributed by atoms with Crippen molar-refractivity contribution in [1.29, 1.82) is 0 Å². The van der Waals surface area contributed by atoms with Crippen molar-refractivity contribution in [2.75, 3.05) is 11.6 Å². The van der Waals surface area contributed by atoms with Gasteiger partial charge in [-0.05, 0) is 38.3 Å². The van der Waals surface area contributed by atoms with Gasteiger partial charge in [0.05, 0.1) is 5.88 Å². The van der Waals surface area contributed by atoms with Gasteiger partial charge in [-0.2, -0.15) is 0 Å². The molecule has 1 fully saturated rings. The highest BCUT2D eigenvalue weighted by Gasteiger charge is 2.36. The van der Waals surface area contributed by atoms with Crippen LogP contribution in [0.15, 0.2) is 6.07 Å². The summed E-state index contributed by atoms with van der Waals surface area (Å²) in [4.78, 5) is 30.0. The molecular formula is C16H25N3O2S. The number of aromatic amines is 1. The molecule has 0 aliphatic carbocycles. The van der Waals surface area contributed by atoms with Gasteiger partial charge in [-0.25, -0.2) is 0 Å². The van der Waals surface area contributed by atoms with Gasteiger partial charge in [0, 0.05) is 17.5 Å². The number of amides is 2. The Labute approximate surface area is 136 Å². The van der Waals surface area contributed by atoms with Crippen molar-refractivity contribution < 1.29 is 9.59 Å². The minimum atomic E-state index is -0.387. The lowest BCUT2D eigenvalue weighted by molar-refractivity contribution is -0.125. The van der Waals surface area contributed by atoms with E-state index in [9.17, 15) is 9.59 Å². The van der Waals surface area contributed by atoms with Gasteiger partial charge in [0.2, 0.25) is 5.91 Å². The van der Waals surface area contributed by atoms with Crippen LogP contribution in [0, 0.1) is 19.8 Å². The van der Waals surface area contributed by atoms with Crippen LogP contribution >= 0.6 is 11.8 Å². The number of nitrogens with zero attached hydrogens (tertiary/aromatic N) is 1. The van der Waals surface area contributed by atoms with Crippen molar-refractivity contribution in [3.63, 3.8) is 0 Å². The van der Waals surface area contributed by atoms with Crippen LogP contribution < -0.4 is 5.32 Å². The van der Waals surface area contributed by atoms with Crippen molar-refractivity contribution in [3.8, 4) is 0 Å². The predicted molar refractivity (Wildman–Crippen MR) is 90.0 cm³/mol. The van der Waals surface area contributed by atoms with Gasteiger partial charge in [0.25, 0.3) is 5.91 Å². The second-order valence-corrected chi connectivity index (χ2v) is 7.34. The van der Waals surface area contributed by atoms with E-state index in [2.05, 4.69) is 24.1 Å². The van der Waals surface area contributed by atoms with E-state index in [1.165, 1.54) is 0 Å². The van der Waals surface area contributed by atoms with Crippen LogP contribution in [0.25, 0.3) is 0 Å². The maximum Gasteiger partial charge on any atom is 0.271 e. The third-order valence-electron chi connectivity index (χ3n) is 4.18. The summed E-state index contributed by atoms with van der Waals surface area (Å²) >= 11 is 1.62. The molecule has 0 radical (unpaired) electrons. The first-order chi connectivity index (χ1) is 10.3. The Bertz CT molecular complexity index is 568. The first-order valence-electron chi connectivity index (χ1n) is 7.66. The maximum absolute atomic E-state index is 12.7. The Morgan fingerprint density at radius 3 is 2.59 bits per heavy atom. The topological polar surface area (TPSA) is 65.2 Å². The molecule has 2 heterocycles. The van der Waals surface area contributed by atoms with Crippen LogP contribution in [0.4, 0.5) is 0 Å². The molecule has 2 N–H and O–H groups in total. The molecule has 122 valence electrons. The fourth-order valence-electron chi connectivity index (χ4n) is 2.44. The molecule has 6 heteroatoms. The number of aromatic nitrogens is 1. The van der Waals surface area contributed by atoms with Gasteiger partial charge in [0.15, 0.2) is 0 Å². The number of nitrogens with one attached hydrogen (secondary N) is 2. The molecule has 1 aliphatic heterocycles. The molecular weight excluding hydrogens is 298 g/mol. The van der Waals surface area contributed by atoms with Gasteiger partial charge >= 0.3 is 0 Å². The molecule has 22 heavy (non-hydrogen) atoms. The molecule has 1 aliphatic rings. The molecule has 0 unspecified atom stereocenters. The molecule has 2 atom stereocenters. The van der Waals surface area contributed by atoms with Crippen LogP contribution in [0.2, 0.25) is 0 Å². The highest BCUT2D eigenvalue weighted by atomic mass is 32.2. The maximum atomic E-state index is 12.7. The second kappa shape index (κ2) is 6.77. The van der Waals surface area contributed by atoms with Crippen molar-refractivity contribution in [3.05, 3.63) is 23.0 Å². The minimum absolute atomic E-state index is 0.0551. The standard InChI is InChI=1S/C16H25N3O2S/c1-9(2)12(5)18-15(20)13-7-22-8-19(13)16(21)14-10(3)6-11(4)17-14/h6,9,12-13,17H,7-8H2,1-5H3,(H,18,20)/t12-,13+/m0/s1. The molecule has 5 nitrogen and oxygen atoms in total. The zero-order valence-electron chi connectivity index (χ0n) is 13.9. The SMILES string of the molecule is Cc1cc(C)c(C(=O)N2CSC[C@@H]2C(=O)N[C@@H](C)C(C)C)[nH]1. The van der Waals surface area contributed by atoms with Gasteiger partial charge < -0.3 is 15.2 Å². The van der Waals surface area contributed by atoms with Crippen LogP contribution in [0.5, 0.6) is 0 Å². The number of H-pyrrole nitrogens is 1. The molecule has 0 spiro atoms. The van der Waals surface area contributed by atoms with E-state index in [0.29, 0.717) is 23.2 Å². The largest absolute Gasteiger partial charge is 0.354 e. The fraction of sp³-hybridized carbons (Fsp3) is 0.625. The van der Waals surface area contributed by atoms with Crippen molar-refractivity contribution in [2.45, 2.75) is 46.7 Å². The van der Waals surface area contributed by atoms with Crippen molar-refractivity contribution in [2.24, 2.45) is 5.92 Å². The van der Waals surface area contributed by atoms with Gasteiger partial charge in [-0.15, -0.1) is 11.8 Å². The molecule has 0 aromatic carbocycles. The van der Waals surface area contributed by atoms with Crippen LogP contribution in [0.3, 0.4) is 0 Å². The first kappa shape index (κ1) is 16.9. The normalized spacial score (nSPS) is 19.5. The number of thioether (sulfide) groups is 1. The van der Waals surface area contributed by atoms with E-state index in [-0.39, 0.29) is 23.9 Å². The molecule has 2 amide bonds. The van der Waals surface area contributed by atoms with E-state index < -0.39 is 0 Å². The lowest BCUT2D eigenvalue weighted by atomic mass is 10.1. The van der Waals surface area contributed by atoms with Gasteiger partial charge in [0.1, 0.15) is 11.7 Å². The highest BCUT2D eigenvalue weighted by molar-refractivity contribution is 7.99. The Kier molecular flexibility index (Phi) is 5.21. The number of hydrogen-bond donors (Lipinski definition) is 2. The van der Waals surface area contributed by atoms with Crippen LogP contribution in [0.1, 0.15) is 42.5 Å². The second-order valence-electron chi connectivity index (χ2n) is 6.34. The predicted octanol–water partition coefficient (Wildman–Crippen LogP) is 2.31. The van der Waals surface area contributed by atoms with Crippen molar-refractivity contribution >= 4 is 23.6 Å². The molecule has 1 aromatic rings. The summed E-state index contributed by atoms with van der Waals surface area (Å²) in [5, 5.41) is 3.02. The molecule has 1 saturated heterocycles. The van der Waals surface area contributed by atoms with Crippen LogP contribution in [-0.2, 0) is 4.79 Å². The zero-order chi connectivity index (χ0) is 16.4. The van der Waals surface area contributed by atoms with Crippen molar-refractivity contribution in [1.82, 2.24) is 15.2 Å². The molecule has 2 rings (SSSR count). The Morgan fingerprint density at radius 1 is 1.36 bits per heavy atom. The van der Waals surface area contributed by atoms with E-state index >= 15 is 0 Å². The summed E-state index contributed by atoms with van der Waals surface area (Å²) in [5.41, 5.74) is 2.48. The van der Waals surface area contributed by atoms with Gasteiger partial charge in [-0.3, -0.25) is 9.59 Å². The van der Waals surface area contributed by atoms with E-state index in [4.69, 9.17) is 0 Å². The average Bonchev–Trinajstić information content (AvgIpc) is 3.04. The summed E-state index contributed by atoms with van der Waals surface area (Å²) in [5.74, 6) is 1.44. The summed E-state index contributed by atoms with van der Waals surface area (Å²) < 4.78 is 0. The molecule has 0 saturated carbocycles. The minimum Gasteiger partial charge on any atom is -0.354 e. The summed E-state index contributed by atoms with van der Waals surface area (Å²) in [6.45, 7) is 9.98. The number of rotatable bonds is 4. The highest BCUT2D eigenvalue weighted by Crippen LogP contribution is 2.24. The Balaban J connectivity index is 2.12. The average molecular weight is 323 g/mol. The monoisotopic (exact) mass is 323 g/mol. The van der Waals surface area contributed by atoms with E-state index in [1.807, 2.05) is 26.8 Å².